The quantitative estimate of drug-likeness (QED) is 0.887. The van der Waals surface area contributed by atoms with Crippen molar-refractivity contribution in [1.82, 2.24) is 5.32 Å². The molecule has 1 aliphatic carbocycles. The second-order valence-electron chi connectivity index (χ2n) is 5.30. The van der Waals surface area contributed by atoms with Crippen LogP contribution in [0.25, 0.3) is 0 Å². The van der Waals surface area contributed by atoms with Crippen LogP contribution in [0.4, 0.5) is 5.69 Å². The highest BCUT2D eigenvalue weighted by molar-refractivity contribution is 6.30. The van der Waals surface area contributed by atoms with Gasteiger partial charge < -0.3 is 10.6 Å². The average Bonchev–Trinajstić information content (AvgIpc) is 2.41. The van der Waals surface area contributed by atoms with Crippen molar-refractivity contribution in [2.75, 3.05) is 11.9 Å². The van der Waals surface area contributed by atoms with Gasteiger partial charge in [-0.2, -0.15) is 0 Å². The minimum atomic E-state index is 0.0636. The number of rotatable bonds is 4. The Morgan fingerprint density at radius 3 is 2.63 bits per heavy atom. The van der Waals surface area contributed by atoms with Crippen molar-refractivity contribution < 1.29 is 4.79 Å². The number of amides is 1. The van der Waals surface area contributed by atoms with Crippen molar-refractivity contribution in [3.63, 3.8) is 0 Å². The van der Waals surface area contributed by atoms with Crippen molar-refractivity contribution in [3.8, 4) is 0 Å². The molecule has 3 nitrogen and oxygen atoms in total. The van der Waals surface area contributed by atoms with Crippen LogP contribution in [0.5, 0.6) is 0 Å². The highest BCUT2D eigenvalue weighted by atomic mass is 35.5. The minimum absolute atomic E-state index is 0.0636. The fraction of sp³-hybridized carbons (Fsp3) is 0.533. The van der Waals surface area contributed by atoms with Gasteiger partial charge in [-0.15, -0.1) is 0 Å². The molecule has 1 saturated carbocycles. The third-order valence-corrected chi connectivity index (χ3v) is 4.01. The molecular formula is C15H21ClN2O. The third-order valence-electron chi connectivity index (χ3n) is 3.76. The standard InChI is InChI=1S/C15H21ClN2O/c1-11-4-2-3-5-14(11)18-15(19)10-17-13-8-6-12(16)7-9-13/h6-9,11,14,17H,2-5,10H2,1H3,(H,18,19). The van der Waals surface area contributed by atoms with Gasteiger partial charge in [-0.1, -0.05) is 31.4 Å². The van der Waals surface area contributed by atoms with Crippen LogP contribution in [0.15, 0.2) is 24.3 Å². The zero-order chi connectivity index (χ0) is 13.7. The lowest BCUT2D eigenvalue weighted by Gasteiger charge is -2.29. The molecule has 0 spiro atoms. The molecule has 0 aromatic heterocycles. The molecule has 1 fully saturated rings. The van der Waals surface area contributed by atoms with E-state index in [4.69, 9.17) is 11.6 Å². The van der Waals surface area contributed by atoms with Crippen molar-refractivity contribution >= 4 is 23.2 Å². The van der Waals surface area contributed by atoms with E-state index in [1.807, 2.05) is 24.3 Å². The maximum Gasteiger partial charge on any atom is 0.239 e. The van der Waals surface area contributed by atoms with Crippen LogP contribution in [0.1, 0.15) is 32.6 Å². The number of hydrogen-bond donors (Lipinski definition) is 2. The Hall–Kier alpha value is -1.22. The average molecular weight is 281 g/mol. The summed E-state index contributed by atoms with van der Waals surface area (Å²) in [6.07, 6.45) is 4.83. The molecule has 0 heterocycles. The van der Waals surface area contributed by atoms with Gasteiger partial charge in [-0.3, -0.25) is 4.79 Å². The molecule has 4 heteroatoms. The summed E-state index contributed by atoms with van der Waals surface area (Å²) in [5.41, 5.74) is 0.913. The predicted molar refractivity (Wildman–Crippen MR) is 79.5 cm³/mol. The fourth-order valence-electron chi connectivity index (χ4n) is 2.54. The molecule has 19 heavy (non-hydrogen) atoms. The van der Waals surface area contributed by atoms with Gasteiger partial charge in [0, 0.05) is 16.8 Å². The fourth-order valence-corrected chi connectivity index (χ4v) is 2.66. The predicted octanol–water partition coefficient (Wildman–Crippen LogP) is 3.45. The number of nitrogens with one attached hydrogen (secondary N) is 2. The summed E-state index contributed by atoms with van der Waals surface area (Å²) in [6.45, 7) is 2.53. The Morgan fingerprint density at radius 2 is 1.95 bits per heavy atom. The van der Waals surface area contributed by atoms with E-state index < -0.39 is 0 Å². The highest BCUT2D eigenvalue weighted by Gasteiger charge is 2.22. The van der Waals surface area contributed by atoms with E-state index in [2.05, 4.69) is 17.6 Å². The molecule has 0 radical (unpaired) electrons. The van der Waals surface area contributed by atoms with Crippen LogP contribution in [0, 0.1) is 5.92 Å². The summed E-state index contributed by atoms with van der Waals surface area (Å²) in [6, 6.07) is 7.71. The number of anilines is 1. The van der Waals surface area contributed by atoms with E-state index in [-0.39, 0.29) is 5.91 Å². The van der Waals surface area contributed by atoms with E-state index in [9.17, 15) is 4.79 Å². The molecule has 2 N–H and O–H groups in total. The molecule has 0 bridgehead atoms. The molecule has 1 aromatic carbocycles. The van der Waals surface area contributed by atoms with E-state index in [1.165, 1.54) is 19.3 Å². The summed E-state index contributed by atoms with van der Waals surface area (Å²) in [5, 5.41) is 6.93. The molecule has 0 aliphatic heterocycles. The van der Waals surface area contributed by atoms with Crippen LogP contribution >= 0.6 is 11.6 Å². The van der Waals surface area contributed by atoms with Gasteiger partial charge in [0.2, 0.25) is 5.91 Å². The van der Waals surface area contributed by atoms with Crippen molar-refractivity contribution in [2.45, 2.75) is 38.6 Å². The van der Waals surface area contributed by atoms with Gasteiger partial charge in [0.25, 0.3) is 0 Å². The van der Waals surface area contributed by atoms with Crippen LogP contribution in [-0.2, 0) is 4.79 Å². The summed E-state index contributed by atoms with van der Waals surface area (Å²) in [7, 11) is 0. The maximum atomic E-state index is 11.9. The molecule has 0 saturated heterocycles. The first-order valence-corrected chi connectivity index (χ1v) is 7.32. The number of carbonyl (C=O) groups excluding carboxylic acids is 1. The summed E-state index contributed by atoms with van der Waals surface area (Å²) >= 11 is 5.81. The van der Waals surface area contributed by atoms with Gasteiger partial charge in [0.05, 0.1) is 6.54 Å². The highest BCUT2D eigenvalue weighted by Crippen LogP contribution is 2.23. The number of halogens is 1. The maximum absolute atomic E-state index is 11.9. The molecule has 2 unspecified atom stereocenters. The first-order chi connectivity index (χ1) is 9.15. The summed E-state index contributed by atoms with van der Waals surface area (Å²) < 4.78 is 0. The summed E-state index contributed by atoms with van der Waals surface area (Å²) in [4.78, 5) is 11.9. The first kappa shape index (κ1) is 14.2. The van der Waals surface area contributed by atoms with Crippen molar-refractivity contribution in [2.24, 2.45) is 5.92 Å². The van der Waals surface area contributed by atoms with Gasteiger partial charge in [-0.25, -0.2) is 0 Å². The van der Waals surface area contributed by atoms with Gasteiger partial charge in [-0.05, 0) is 43.0 Å². The largest absolute Gasteiger partial charge is 0.376 e. The van der Waals surface area contributed by atoms with Crippen LogP contribution in [0.2, 0.25) is 5.02 Å². The molecule has 1 aliphatic rings. The Morgan fingerprint density at radius 1 is 1.26 bits per heavy atom. The molecule has 104 valence electrons. The first-order valence-electron chi connectivity index (χ1n) is 6.94. The van der Waals surface area contributed by atoms with Crippen LogP contribution < -0.4 is 10.6 Å². The van der Waals surface area contributed by atoms with Gasteiger partial charge in [0.15, 0.2) is 0 Å². The second kappa shape index (κ2) is 6.80. The van der Waals surface area contributed by atoms with Gasteiger partial charge >= 0.3 is 0 Å². The lowest BCUT2D eigenvalue weighted by Crippen LogP contribution is -2.43. The lowest BCUT2D eigenvalue weighted by molar-refractivity contribution is -0.120. The number of carbonyl (C=O) groups is 1. The zero-order valence-corrected chi connectivity index (χ0v) is 12.0. The number of benzene rings is 1. The Bertz CT molecular complexity index is 419. The van der Waals surface area contributed by atoms with Gasteiger partial charge in [0.1, 0.15) is 0 Å². The van der Waals surface area contributed by atoms with Crippen LogP contribution in [0.3, 0.4) is 0 Å². The molecule has 1 amide bonds. The van der Waals surface area contributed by atoms with Crippen molar-refractivity contribution in [1.29, 1.82) is 0 Å². The monoisotopic (exact) mass is 280 g/mol. The minimum Gasteiger partial charge on any atom is -0.376 e. The normalized spacial score (nSPS) is 22.8. The summed E-state index contributed by atoms with van der Waals surface area (Å²) in [5.74, 6) is 0.655. The smallest absolute Gasteiger partial charge is 0.239 e. The van der Waals surface area contributed by atoms with E-state index in [0.717, 1.165) is 12.1 Å². The molecule has 2 rings (SSSR count). The van der Waals surface area contributed by atoms with Crippen molar-refractivity contribution in [3.05, 3.63) is 29.3 Å². The molecule has 2 atom stereocenters. The van der Waals surface area contributed by atoms with E-state index >= 15 is 0 Å². The van der Waals surface area contributed by atoms with E-state index in [0.29, 0.717) is 23.5 Å². The Kier molecular flexibility index (Phi) is 5.08. The third kappa shape index (κ3) is 4.43. The van der Waals surface area contributed by atoms with E-state index in [1.54, 1.807) is 0 Å². The lowest BCUT2D eigenvalue weighted by atomic mass is 9.86. The Balaban J connectivity index is 1.76. The zero-order valence-electron chi connectivity index (χ0n) is 11.3. The van der Waals surface area contributed by atoms with Crippen LogP contribution in [-0.4, -0.2) is 18.5 Å². The SMILES string of the molecule is CC1CCCCC1NC(=O)CNc1ccc(Cl)cc1. The molecule has 1 aromatic rings. The Labute approximate surface area is 119 Å². The topological polar surface area (TPSA) is 41.1 Å². The number of hydrogen-bond acceptors (Lipinski definition) is 2. The molecular weight excluding hydrogens is 260 g/mol. The second-order valence-corrected chi connectivity index (χ2v) is 5.73.